The molecule has 0 saturated heterocycles. The second kappa shape index (κ2) is 5.94. The molecule has 0 spiro atoms. The number of H-pyrrole nitrogens is 1. The van der Waals surface area contributed by atoms with Crippen LogP contribution in [0.2, 0.25) is 0 Å². The summed E-state index contributed by atoms with van der Waals surface area (Å²) < 4.78 is 0. The van der Waals surface area contributed by atoms with Crippen LogP contribution in [0.15, 0.2) is 24.3 Å². The zero-order valence-corrected chi connectivity index (χ0v) is 13.6. The Hall–Kier alpha value is -1.92. The molecule has 5 nitrogen and oxygen atoms in total. The molecule has 0 aliphatic rings. The molecule has 122 valence electrons. The molecule has 3 aromatic rings. The maximum atomic E-state index is 11.5. The molecule has 1 aromatic heterocycles. The lowest BCUT2D eigenvalue weighted by Crippen LogP contribution is -2.99. The van der Waals surface area contributed by atoms with E-state index in [4.69, 9.17) is 0 Å². The van der Waals surface area contributed by atoms with Gasteiger partial charge < -0.3 is 15.3 Å². The van der Waals surface area contributed by atoms with Crippen LogP contribution in [-0.4, -0.2) is 15.3 Å². The molecule has 2 unspecified atom stereocenters. The van der Waals surface area contributed by atoms with Crippen LogP contribution >= 0.6 is 0 Å². The van der Waals surface area contributed by atoms with Crippen LogP contribution in [0.4, 0.5) is 5.69 Å². The lowest BCUT2D eigenvalue weighted by molar-refractivity contribution is -0.991. The molecule has 0 amide bonds. The number of hydrogen-bond donors (Lipinski definition) is 4. The van der Waals surface area contributed by atoms with Gasteiger partial charge in [-0.3, -0.25) is 0 Å². The summed E-state index contributed by atoms with van der Waals surface area (Å²) >= 11 is 0. The lowest BCUT2D eigenvalue weighted by Gasteiger charge is -2.16. The number of aliphatic hydroxyl groups excluding tert-OH is 1. The standard InChI is InChI=1S/C18H22N2O3/c1-4-5-16(21)12-6-7-14-13(9-12)17-11(3)15(20(22)23)8-10(2)18(17)19-14/h6-9,16,19-22H,4-5H2,1-3H3. The third-order valence-electron chi connectivity index (χ3n) is 4.53. The van der Waals surface area contributed by atoms with Crippen molar-refractivity contribution in [2.75, 3.05) is 0 Å². The van der Waals surface area contributed by atoms with E-state index in [-0.39, 0.29) is 0 Å². The summed E-state index contributed by atoms with van der Waals surface area (Å²) in [5.41, 5.74) is 4.79. The first-order valence-corrected chi connectivity index (χ1v) is 7.91. The van der Waals surface area contributed by atoms with Crippen molar-refractivity contribution in [3.05, 3.63) is 46.2 Å². The highest BCUT2D eigenvalue weighted by Crippen LogP contribution is 2.35. The third-order valence-corrected chi connectivity index (χ3v) is 4.53. The number of aliphatic hydroxyl groups is 1. The van der Waals surface area contributed by atoms with Gasteiger partial charge in [-0.2, -0.15) is 5.23 Å². The van der Waals surface area contributed by atoms with Crippen LogP contribution in [0, 0.1) is 19.1 Å². The Bertz CT molecular complexity index is 868. The Kier molecular flexibility index (Phi) is 4.12. The van der Waals surface area contributed by atoms with Gasteiger partial charge in [0.2, 0.25) is 0 Å². The van der Waals surface area contributed by atoms with Crippen molar-refractivity contribution in [3.8, 4) is 0 Å². The molecule has 4 N–H and O–H groups in total. The molecule has 23 heavy (non-hydrogen) atoms. The van der Waals surface area contributed by atoms with Crippen molar-refractivity contribution in [1.29, 1.82) is 0 Å². The van der Waals surface area contributed by atoms with Crippen molar-refractivity contribution in [2.24, 2.45) is 0 Å². The van der Waals surface area contributed by atoms with E-state index in [1.165, 1.54) is 0 Å². The molecule has 2 atom stereocenters. The van der Waals surface area contributed by atoms with Crippen LogP contribution in [0.25, 0.3) is 21.8 Å². The van der Waals surface area contributed by atoms with Crippen LogP contribution in [0.1, 0.15) is 42.6 Å². The second-order valence-corrected chi connectivity index (χ2v) is 6.16. The predicted molar refractivity (Wildman–Crippen MR) is 90.9 cm³/mol. The normalized spacial score (nSPS) is 14.5. The number of aromatic amines is 1. The summed E-state index contributed by atoms with van der Waals surface area (Å²) in [6.45, 7) is 5.80. The summed E-state index contributed by atoms with van der Waals surface area (Å²) in [6, 6.07) is 7.58. The first-order chi connectivity index (χ1) is 10.9. The summed E-state index contributed by atoms with van der Waals surface area (Å²) in [5.74, 6) is 0. The summed E-state index contributed by atoms with van der Waals surface area (Å²) in [4.78, 5) is 3.38. The molecule has 2 aromatic carbocycles. The monoisotopic (exact) mass is 314 g/mol. The van der Waals surface area contributed by atoms with Gasteiger partial charge in [0.25, 0.3) is 0 Å². The molecule has 1 heterocycles. The first-order valence-electron chi connectivity index (χ1n) is 7.91. The van der Waals surface area contributed by atoms with Crippen molar-refractivity contribution in [2.45, 2.75) is 39.7 Å². The first kappa shape index (κ1) is 16.0. The number of rotatable bonds is 4. The Morgan fingerprint density at radius 2 is 2.00 bits per heavy atom. The van der Waals surface area contributed by atoms with E-state index in [0.717, 1.165) is 44.9 Å². The summed E-state index contributed by atoms with van der Waals surface area (Å²) in [7, 11) is 0. The number of hydrogen-bond acceptors (Lipinski definition) is 3. The maximum absolute atomic E-state index is 11.5. The minimum atomic E-state index is -0.913. The Balaban J connectivity index is 2.31. The Morgan fingerprint density at radius 1 is 1.26 bits per heavy atom. The molecule has 5 heteroatoms. The number of aryl methyl sites for hydroxylation is 2. The molecule has 0 saturated carbocycles. The number of quaternary nitrogens is 1. The zero-order chi connectivity index (χ0) is 16.7. The predicted octanol–water partition coefficient (Wildman–Crippen LogP) is 3.17. The zero-order valence-electron chi connectivity index (χ0n) is 13.6. The van der Waals surface area contributed by atoms with Gasteiger partial charge in [-0.05, 0) is 43.5 Å². The van der Waals surface area contributed by atoms with Gasteiger partial charge >= 0.3 is 0 Å². The molecule has 0 aliphatic carbocycles. The molecule has 3 rings (SSSR count). The average Bonchev–Trinajstić information content (AvgIpc) is 2.90. The Morgan fingerprint density at radius 3 is 2.65 bits per heavy atom. The van der Waals surface area contributed by atoms with Gasteiger partial charge in [0.05, 0.1) is 11.6 Å². The quantitative estimate of drug-likeness (QED) is 0.558. The fraction of sp³-hybridized carbons (Fsp3) is 0.333. The maximum Gasteiger partial charge on any atom is 0.167 e. The van der Waals surface area contributed by atoms with Crippen molar-refractivity contribution in [1.82, 2.24) is 4.98 Å². The molecule has 0 aliphatic heterocycles. The van der Waals surface area contributed by atoms with Crippen LogP contribution in [-0.2, 0) is 0 Å². The van der Waals surface area contributed by atoms with Crippen LogP contribution in [0.3, 0.4) is 0 Å². The number of benzene rings is 2. The van der Waals surface area contributed by atoms with Gasteiger partial charge in [0.1, 0.15) is 0 Å². The van der Waals surface area contributed by atoms with Crippen molar-refractivity contribution < 1.29 is 15.5 Å². The van der Waals surface area contributed by atoms with Gasteiger partial charge in [-0.15, -0.1) is 0 Å². The van der Waals surface area contributed by atoms with Gasteiger partial charge in [0.15, 0.2) is 5.69 Å². The molecular formula is C18H22N2O3. The van der Waals surface area contributed by atoms with E-state index in [1.807, 2.05) is 39.0 Å². The molecule has 0 bridgehead atoms. The second-order valence-electron chi connectivity index (χ2n) is 6.16. The molecule has 0 fully saturated rings. The van der Waals surface area contributed by atoms with E-state index >= 15 is 0 Å². The van der Waals surface area contributed by atoms with Gasteiger partial charge in [-0.25, -0.2) is 5.21 Å². The van der Waals surface area contributed by atoms with Crippen molar-refractivity contribution >= 4 is 27.5 Å². The van der Waals surface area contributed by atoms with Crippen LogP contribution < -0.4 is 5.23 Å². The SMILES string of the molecule is CCCC(O)c1ccc2[nH]c3c(C)cc([NH+]([O-])O)c(C)c3c2c1. The molecular weight excluding hydrogens is 292 g/mol. The minimum absolute atomic E-state index is 0.329. The van der Waals surface area contributed by atoms with E-state index in [9.17, 15) is 15.5 Å². The fourth-order valence-electron chi connectivity index (χ4n) is 3.30. The van der Waals surface area contributed by atoms with E-state index in [1.54, 1.807) is 6.07 Å². The highest BCUT2D eigenvalue weighted by atomic mass is 16.8. The number of aromatic nitrogens is 1. The highest BCUT2D eigenvalue weighted by molar-refractivity contribution is 6.11. The van der Waals surface area contributed by atoms with E-state index in [0.29, 0.717) is 12.1 Å². The Labute approximate surface area is 134 Å². The smallest absolute Gasteiger partial charge is 0.167 e. The van der Waals surface area contributed by atoms with Gasteiger partial charge in [0, 0.05) is 27.9 Å². The summed E-state index contributed by atoms with van der Waals surface area (Å²) in [6.07, 6.45) is 1.14. The molecule has 0 radical (unpaired) electrons. The third kappa shape index (κ3) is 2.62. The highest BCUT2D eigenvalue weighted by Gasteiger charge is 2.17. The van der Waals surface area contributed by atoms with Crippen LogP contribution in [0.5, 0.6) is 0 Å². The van der Waals surface area contributed by atoms with E-state index in [2.05, 4.69) is 4.98 Å². The fourth-order valence-corrected chi connectivity index (χ4v) is 3.30. The number of nitrogens with one attached hydrogen (secondary N) is 2. The lowest BCUT2D eigenvalue weighted by atomic mass is 9.99. The topological polar surface area (TPSA) is 83.8 Å². The van der Waals surface area contributed by atoms with Crippen molar-refractivity contribution in [3.63, 3.8) is 0 Å². The average molecular weight is 314 g/mol. The largest absolute Gasteiger partial charge is 0.595 e. The summed E-state index contributed by atoms with van der Waals surface area (Å²) in [5, 5.41) is 32.1. The minimum Gasteiger partial charge on any atom is -0.595 e. The van der Waals surface area contributed by atoms with Gasteiger partial charge in [-0.1, -0.05) is 19.4 Å². The van der Waals surface area contributed by atoms with E-state index < -0.39 is 11.3 Å². The number of fused-ring (bicyclic) bond motifs is 3.